The van der Waals surface area contributed by atoms with E-state index in [1.165, 1.54) is 0 Å². The summed E-state index contributed by atoms with van der Waals surface area (Å²) in [4.78, 5) is 15.4. The van der Waals surface area contributed by atoms with Crippen LogP contribution in [0.25, 0.3) is 10.6 Å². The van der Waals surface area contributed by atoms with E-state index in [9.17, 15) is 4.79 Å². The second-order valence-electron chi connectivity index (χ2n) is 5.22. The highest BCUT2D eigenvalue weighted by molar-refractivity contribution is 7.13. The lowest BCUT2D eigenvalue weighted by Gasteiger charge is -2.19. The molecule has 24 heavy (non-hydrogen) atoms. The first-order chi connectivity index (χ1) is 11.7. The minimum atomic E-state index is -0.139. The Balaban J connectivity index is 1.73. The fraction of sp³-hybridized carbons (Fsp3) is 0.222. The first-order valence-corrected chi connectivity index (χ1v) is 8.52. The van der Waals surface area contributed by atoms with Gasteiger partial charge in [-0.2, -0.15) is 0 Å². The lowest BCUT2D eigenvalue weighted by molar-refractivity contribution is 0.0742. The van der Waals surface area contributed by atoms with Gasteiger partial charge in [0.2, 0.25) is 0 Å². The van der Waals surface area contributed by atoms with Crippen molar-refractivity contribution in [1.29, 1.82) is 0 Å². The molecule has 2 aromatic heterocycles. The zero-order valence-electron chi connectivity index (χ0n) is 13.6. The van der Waals surface area contributed by atoms with Gasteiger partial charge in [0.25, 0.3) is 5.91 Å². The normalized spacial score (nSPS) is 10.6. The van der Waals surface area contributed by atoms with Crippen molar-refractivity contribution in [2.45, 2.75) is 13.5 Å². The number of ether oxygens (including phenoxy) is 1. The number of carbonyl (C=O) groups excluding carboxylic acids is 1. The van der Waals surface area contributed by atoms with Crippen molar-refractivity contribution in [2.24, 2.45) is 0 Å². The zero-order chi connectivity index (χ0) is 16.9. The highest BCUT2D eigenvalue weighted by Gasteiger charge is 2.20. The van der Waals surface area contributed by atoms with Crippen molar-refractivity contribution in [3.05, 3.63) is 59.1 Å². The smallest absolute Gasteiger partial charge is 0.276 e. The standard InChI is InChI=1S/C18H18N2O3S/c1-3-20(12-13-6-8-14(22-2)9-7-13)18(21)15-11-16(23-19-15)17-5-4-10-24-17/h4-11H,3,12H2,1-2H3. The van der Waals surface area contributed by atoms with Gasteiger partial charge in [0.1, 0.15) is 5.75 Å². The lowest BCUT2D eigenvalue weighted by atomic mass is 10.2. The van der Waals surface area contributed by atoms with Crippen molar-refractivity contribution >= 4 is 17.2 Å². The summed E-state index contributed by atoms with van der Waals surface area (Å²) >= 11 is 1.55. The third-order valence-electron chi connectivity index (χ3n) is 3.69. The van der Waals surface area contributed by atoms with E-state index in [1.54, 1.807) is 29.4 Å². The predicted octanol–water partition coefficient (Wildman–Crippen LogP) is 4.07. The maximum Gasteiger partial charge on any atom is 0.276 e. The molecule has 2 heterocycles. The van der Waals surface area contributed by atoms with Gasteiger partial charge in [-0.25, -0.2) is 0 Å². The van der Waals surface area contributed by atoms with Crippen LogP contribution in [0, 0.1) is 0 Å². The number of methoxy groups -OCH3 is 1. The molecule has 1 aromatic carbocycles. The third-order valence-corrected chi connectivity index (χ3v) is 4.58. The van der Waals surface area contributed by atoms with Gasteiger partial charge in [0.15, 0.2) is 11.5 Å². The van der Waals surface area contributed by atoms with Gasteiger partial charge in [-0.1, -0.05) is 23.4 Å². The largest absolute Gasteiger partial charge is 0.497 e. The van der Waals surface area contributed by atoms with E-state index in [-0.39, 0.29) is 5.91 Å². The molecule has 0 unspecified atom stereocenters. The molecule has 3 rings (SSSR count). The van der Waals surface area contributed by atoms with E-state index >= 15 is 0 Å². The number of hydrogen-bond acceptors (Lipinski definition) is 5. The van der Waals surface area contributed by atoms with Crippen LogP contribution in [-0.2, 0) is 6.54 Å². The fourth-order valence-corrected chi connectivity index (χ4v) is 3.02. The van der Waals surface area contributed by atoms with Crippen LogP contribution in [0.2, 0.25) is 0 Å². The number of carbonyl (C=O) groups is 1. The van der Waals surface area contributed by atoms with E-state index in [0.29, 0.717) is 24.5 Å². The van der Waals surface area contributed by atoms with Crippen LogP contribution in [-0.4, -0.2) is 29.6 Å². The van der Waals surface area contributed by atoms with E-state index in [2.05, 4.69) is 5.16 Å². The molecule has 0 saturated carbocycles. The summed E-state index contributed by atoms with van der Waals surface area (Å²) in [7, 11) is 1.63. The molecule has 6 heteroatoms. The van der Waals surface area contributed by atoms with E-state index in [0.717, 1.165) is 16.2 Å². The second-order valence-corrected chi connectivity index (χ2v) is 6.17. The van der Waals surface area contributed by atoms with Gasteiger partial charge in [0.05, 0.1) is 12.0 Å². The number of nitrogens with zero attached hydrogens (tertiary/aromatic N) is 2. The molecule has 1 amide bonds. The number of benzene rings is 1. The van der Waals surface area contributed by atoms with E-state index in [4.69, 9.17) is 9.26 Å². The summed E-state index contributed by atoms with van der Waals surface area (Å²) in [6.45, 7) is 3.05. The molecule has 0 spiro atoms. The number of rotatable bonds is 6. The first-order valence-electron chi connectivity index (χ1n) is 7.64. The minimum absolute atomic E-state index is 0.139. The van der Waals surface area contributed by atoms with Crippen LogP contribution in [0.1, 0.15) is 23.0 Å². The number of hydrogen-bond donors (Lipinski definition) is 0. The van der Waals surface area contributed by atoms with Gasteiger partial charge in [0, 0.05) is 19.2 Å². The maximum atomic E-state index is 12.7. The Morgan fingerprint density at radius 1 is 1.29 bits per heavy atom. The molecule has 0 fully saturated rings. The van der Waals surface area contributed by atoms with E-state index in [1.807, 2.05) is 48.7 Å². The Morgan fingerprint density at radius 2 is 2.08 bits per heavy atom. The van der Waals surface area contributed by atoms with Crippen LogP contribution >= 0.6 is 11.3 Å². The van der Waals surface area contributed by atoms with Crippen molar-refractivity contribution < 1.29 is 14.1 Å². The van der Waals surface area contributed by atoms with E-state index < -0.39 is 0 Å². The molecule has 0 bridgehead atoms. The van der Waals surface area contributed by atoms with Crippen molar-refractivity contribution in [1.82, 2.24) is 10.1 Å². The van der Waals surface area contributed by atoms with Gasteiger partial charge in [-0.05, 0) is 36.1 Å². The maximum absolute atomic E-state index is 12.7. The summed E-state index contributed by atoms with van der Waals surface area (Å²) in [5.41, 5.74) is 1.36. The predicted molar refractivity (Wildman–Crippen MR) is 93.2 cm³/mol. The first kappa shape index (κ1) is 16.3. The van der Waals surface area contributed by atoms with Crippen LogP contribution in [0.15, 0.2) is 52.4 Å². The molecular formula is C18H18N2O3S. The highest BCUT2D eigenvalue weighted by Crippen LogP contribution is 2.25. The molecule has 0 atom stereocenters. The summed E-state index contributed by atoms with van der Waals surface area (Å²) in [6, 6.07) is 13.3. The van der Waals surface area contributed by atoms with Crippen LogP contribution < -0.4 is 4.74 Å². The number of thiophene rings is 1. The van der Waals surface area contributed by atoms with Gasteiger partial charge >= 0.3 is 0 Å². The Bertz CT molecular complexity index is 794. The molecule has 0 N–H and O–H groups in total. The summed E-state index contributed by atoms with van der Waals surface area (Å²) in [5, 5.41) is 5.89. The fourth-order valence-electron chi connectivity index (χ4n) is 2.35. The molecule has 0 aliphatic rings. The van der Waals surface area contributed by atoms with Gasteiger partial charge < -0.3 is 14.2 Å². The monoisotopic (exact) mass is 342 g/mol. The molecule has 0 aliphatic heterocycles. The molecule has 0 aliphatic carbocycles. The molecule has 5 nitrogen and oxygen atoms in total. The Kier molecular flexibility index (Phi) is 4.96. The number of aromatic nitrogens is 1. The SMILES string of the molecule is CCN(Cc1ccc(OC)cc1)C(=O)c1cc(-c2cccs2)on1. The molecule has 124 valence electrons. The Morgan fingerprint density at radius 3 is 2.71 bits per heavy atom. The Hall–Kier alpha value is -2.60. The van der Waals surface area contributed by atoms with Gasteiger partial charge in [-0.3, -0.25) is 4.79 Å². The summed E-state index contributed by atoms with van der Waals surface area (Å²) in [6.07, 6.45) is 0. The van der Waals surface area contributed by atoms with Crippen LogP contribution in [0.5, 0.6) is 5.75 Å². The summed E-state index contributed by atoms with van der Waals surface area (Å²) in [5.74, 6) is 1.28. The van der Waals surface area contributed by atoms with Gasteiger partial charge in [-0.15, -0.1) is 11.3 Å². The van der Waals surface area contributed by atoms with Crippen molar-refractivity contribution in [3.63, 3.8) is 0 Å². The molecule has 0 saturated heterocycles. The third kappa shape index (κ3) is 3.49. The van der Waals surface area contributed by atoms with Crippen LogP contribution in [0.3, 0.4) is 0 Å². The zero-order valence-corrected chi connectivity index (χ0v) is 14.4. The van der Waals surface area contributed by atoms with Crippen molar-refractivity contribution in [3.8, 4) is 16.4 Å². The second kappa shape index (κ2) is 7.31. The molecule has 3 aromatic rings. The Labute approximate surface area is 144 Å². The lowest BCUT2D eigenvalue weighted by Crippen LogP contribution is -2.30. The molecule has 0 radical (unpaired) electrons. The molecular weight excluding hydrogens is 324 g/mol. The highest BCUT2D eigenvalue weighted by atomic mass is 32.1. The average molecular weight is 342 g/mol. The summed E-state index contributed by atoms with van der Waals surface area (Å²) < 4.78 is 10.5. The average Bonchev–Trinajstić information content (AvgIpc) is 3.30. The quantitative estimate of drug-likeness (QED) is 0.677. The van der Waals surface area contributed by atoms with Crippen LogP contribution in [0.4, 0.5) is 0 Å². The topological polar surface area (TPSA) is 55.6 Å². The minimum Gasteiger partial charge on any atom is -0.497 e. The number of amides is 1. The van der Waals surface area contributed by atoms with Crippen molar-refractivity contribution in [2.75, 3.05) is 13.7 Å².